The molecule has 0 spiro atoms. The molecule has 0 saturated heterocycles. The fourth-order valence-electron chi connectivity index (χ4n) is 2.41. The SMILES string of the molecule is CCC1(CNCc2ccc(I)cc2)CCC1. The number of benzene rings is 1. The van der Waals surface area contributed by atoms with Crippen LogP contribution in [0.5, 0.6) is 0 Å². The van der Waals surface area contributed by atoms with E-state index in [0.717, 1.165) is 6.54 Å². The first-order valence-electron chi connectivity index (χ1n) is 6.19. The predicted octanol–water partition coefficient (Wildman–Crippen LogP) is 3.96. The van der Waals surface area contributed by atoms with Crippen LogP contribution < -0.4 is 5.32 Å². The Morgan fingerprint density at radius 1 is 1.25 bits per heavy atom. The number of hydrogen-bond acceptors (Lipinski definition) is 1. The van der Waals surface area contributed by atoms with Gasteiger partial charge in [-0.05, 0) is 65.0 Å². The molecule has 1 N–H and O–H groups in total. The molecule has 0 aliphatic heterocycles. The molecule has 2 rings (SSSR count). The van der Waals surface area contributed by atoms with E-state index in [0.29, 0.717) is 5.41 Å². The molecule has 0 heterocycles. The van der Waals surface area contributed by atoms with Crippen LogP contribution in [-0.2, 0) is 6.54 Å². The predicted molar refractivity (Wildman–Crippen MR) is 77.4 cm³/mol. The standard InChI is InChI=1S/C14H20IN/c1-2-14(8-3-9-14)11-16-10-12-4-6-13(15)7-5-12/h4-7,16H,2-3,8-11H2,1H3. The van der Waals surface area contributed by atoms with E-state index in [1.54, 1.807) is 0 Å². The average Bonchev–Trinajstić information content (AvgIpc) is 2.25. The second kappa shape index (κ2) is 5.50. The van der Waals surface area contributed by atoms with Crippen molar-refractivity contribution in [3.8, 4) is 0 Å². The molecule has 1 aromatic rings. The van der Waals surface area contributed by atoms with Crippen LogP contribution in [0.25, 0.3) is 0 Å². The molecule has 16 heavy (non-hydrogen) atoms. The van der Waals surface area contributed by atoms with Gasteiger partial charge in [-0.1, -0.05) is 25.5 Å². The third-order valence-electron chi connectivity index (χ3n) is 3.91. The van der Waals surface area contributed by atoms with E-state index in [-0.39, 0.29) is 0 Å². The lowest BCUT2D eigenvalue weighted by molar-refractivity contribution is 0.124. The minimum Gasteiger partial charge on any atom is -0.312 e. The number of halogens is 1. The molecule has 88 valence electrons. The summed E-state index contributed by atoms with van der Waals surface area (Å²) in [5, 5.41) is 3.61. The average molecular weight is 329 g/mol. The summed E-state index contributed by atoms with van der Waals surface area (Å²) in [5.41, 5.74) is 2.02. The van der Waals surface area contributed by atoms with Gasteiger partial charge in [-0.2, -0.15) is 0 Å². The lowest BCUT2D eigenvalue weighted by Crippen LogP contribution is -2.39. The molecule has 0 bridgehead atoms. The van der Waals surface area contributed by atoms with E-state index in [1.807, 2.05) is 0 Å². The van der Waals surface area contributed by atoms with E-state index in [9.17, 15) is 0 Å². The Balaban J connectivity index is 1.77. The monoisotopic (exact) mass is 329 g/mol. The fraction of sp³-hybridized carbons (Fsp3) is 0.571. The Bertz CT molecular complexity index is 322. The van der Waals surface area contributed by atoms with Gasteiger partial charge >= 0.3 is 0 Å². The largest absolute Gasteiger partial charge is 0.312 e. The van der Waals surface area contributed by atoms with Gasteiger partial charge in [0.05, 0.1) is 0 Å². The van der Waals surface area contributed by atoms with E-state index in [1.165, 1.54) is 41.4 Å². The van der Waals surface area contributed by atoms with Crippen molar-refractivity contribution >= 4 is 22.6 Å². The van der Waals surface area contributed by atoms with Crippen LogP contribution in [0.3, 0.4) is 0 Å². The van der Waals surface area contributed by atoms with Crippen LogP contribution in [0.15, 0.2) is 24.3 Å². The molecule has 2 heteroatoms. The molecule has 0 unspecified atom stereocenters. The fourth-order valence-corrected chi connectivity index (χ4v) is 2.77. The van der Waals surface area contributed by atoms with Gasteiger partial charge in [-0.25, -0.2) is 0 Å². The zero-order chi connectivity index (χ0) is 11.4. The maximum atomic E-state index is 3.61. The molecule has 0 radical (unpaired) electrons. The van der Waals surface area contributed by atoms with Gasteiger partial charge in [0, 0.05) is 16.7 Å². The molecule has 1 aromatic carbocycles. The van der Waals surface area contributed by atoms with Crippen LogP contribution in [0.1, 0.15) is 38.2 Å². The molecule has 0 amide bonds. The van der Waals surface area contributed by atoms with Gasteiger partial charge < -0.3 is 5.32 Å². The second-order valence-electron chi connectivity index (χ2n) is 4.94. The zero-order valence-electron chi connectivity index (χ0n) is 9.93. The summed E-state index contributed by atoms with van der Waals surface area (Å²) in [5.74, 6) is 0. The normalized spacial score (nSPS) is 18.1. The Hall–Kier alpha value is -0.0900. The molecule has 1 saturated carbocycles. The summed E-state index contributed by atoms with van der Waals surface area (Å²) in [7, 11) is 0. The van der Waals surface area contributed by atoms with Crippen LogP contribution in [0.2, 0.25) is 0 Å². The van der Waals surface area contributed by atoms with Crippen molar-refractivity contribution < 1.29 is 0 Å². The molecular formula is C14H20IN. The molecule has 1 nitrogen and oxygen atoms in total. The Morgan fingerprint density at radius 3 is 2.44 bits per heavy atom. The highest BCUT2D eigenvalue weighted by atomic mass is 127. The summed E-state index contributed by atoms with van der Waals surface area (Å²) in [6.07, 6.45) is 5.60. The van der Waals surface area contributed by atoms with Crippen molar-refractivity contribution in [1.82, 2.24) is 5.32 Å². The maximum absolute atomic E-state index is 3.61. The van der Waals surface area contributed by atoms with Gasteiger partial charge in [0.1, 0.15) is 0 Å². The second-order valence-corrected chi connectivity index (χ2v) is 6.18. The quantitative estimate of drug-likeness (QED) is 0.807. The maximum Gasteiger partial charge on any atom is 0.0205 e. The highest BCUT2D eigenvalue weighted by Crippen LogP contribution is 2.43. The first-order valence-corrected chi connectivity index (χ1v) is 7.27. The van der Waals surface area contributed by atoms with Gasteiger partial charge in [0.2, 0.25) is 0 Å². The van der Waals surface area contributed by atoms with Crippen LogP contribution >= 0.6 is 22.6 Å². The van der Waals surface area contributed by atoms with Crippen molar-refractivity contribution in [2.75, 3.05) is 6.54 Å². The minimum absolute atomic E-state index is 0.628. The Labute approximate surface area is 112 Å². The lowest BCUT2D eigenvalue weighted by atomic mass is 9.67. The molecule has 0 aromatic heterocycles. The van der Waals surface area contributed by atoms with Crippen LogP contribution in [0, 0.1) is 8.99 Å². The third-order valence-corrected chi connectivity index (χ3v) is 4.63. The number of hydrogen-bond donors (Lipinski definition) is 1. The van der Waals surface area contributed by atoms with Gasteiger partial charge in [-0.15, -0.1) is 0 Å². The molecule has 1 aliphatic carbocycles. The van der Waals surface area contributed by atoms with Gasteiger partial charge in [0.25, 0.3) is 0 Å². The molecule has 0 atom stereocenters. The van der Waals surface area contributed by atoms with E-state index in [2.05, 4.69) is 59.1 Å². The van der Waals surface area contributed by atoms with Crippen LogP contribution in [0.4, 0.5) is 0 Å². The van der Waals surface area contributed by atoms with E-state index < -0.39 is 0 Å². The molecular weight excluding hydrogens is 309 g/mol. The van der Waals surface area contributed by atoms with E-state index >= 15 is 0 Å². The highest BCUT2D eigenvalue weighted by Gasteiger charge is 2.34. The van der Waals surface area contributed by atoms with Crippen molar-refractivity contribution in [2.45, 2.75) is 39.2 Å². The van der Waals surface area contributed by atoms with Crippen LogP contribution in [-0.4, -0.2) is 6.54 Å². The van der Waals surface area contributed by atoms with Crippen molar-refractivity contribution in [3.63, 3.8) is 0 Å². The molecule has 1 fully saturated rings. The Morgan fingerprint density at radius 2 is 1.94 bits per heavy atom. The van der Waals surface area contributed by atoms with Crippen molar-refractivity contribution in [1.29, 1.82) is 0 Å². The summed E-state index contributed by atoms with van der Waals surface area (Å²) >= 11 is 2.35. The third kappa shape index (κ3) is 2.98. The first-order chi connectivity index (χ1) is 7.74. The smallest absolute Gasteiger partial charge is 0.0205 e. The lowest BCUT2D eigenvalue weighted by Gasteiger charge is -2.41. The topological polar surface area (TPSA) is 12.0 Å². The van der Waals surface area contributed by atoms with Gasteiger partial charge in [-0.3, -0.25) is 0 Å². The number of nitrogens with one attached hydrogen (secondary N) is 1. The minimum atomic E-state index is 0.628. The van der Waals surface area contributed by atoms with Crippen molar-refractivity contribution in [3.05, 3.63) is 33.4 Å². The Kier molecular flexibility index (Phi) is 4.25. The summed E-state index contributed by atoms with van der Waals surface area (Å²) in [6, 6.07) is 8.79. The van der Waals surface area contributed by atoms with Crippen molar-refractivity contribution in [2.24, 2.45) is 5.41 Å². The summed E-state index contributed by atoms with van der Waals surface area (Å²) in [6.45, 7) is 4.53. The summed E-state index contributed by atoms with van der Waals surface area (Å²) < 4.78 is 1.31. The van der Waals surface area contributed by atoms with Gasteiger partial charge in [0.15, 0.2) is 0 Å². The first kappa shape index (κ1) is 12.4. The zero-order valence-corrected chi connectivity index (χ0v) is 12.1. The molecule has 1 aliphatic rings. The number of rotatable bonds is 5. The van der Waals surface area contributed by atoms with E-state index in [4.69, 9.17) is 0 Å². The summed E-state index contributed by atoms with van der Waals surface area (Å²) in [4.78, 5) is 0. The highest BCUT2D eigenvalue weighted by molar-refractivity contribution is 14.1.